The molecule has 0 aromatic carbocycles. The minimum atomic E-state index is -2.60. The summed E-state index contributed by atoms with van der Waals surface area (Å²) in [5.41, 5.74) is 0.279. The van der Waals surface area contributed by atoms with Gasteiger partial charge in [-0.1, -0.05) is 61.3 Å². The highest BCUT2D eigenvalue weighted by Gasteiger charge is 2.27. The van der Waals surface area contributed by atoms with Crippen LogP contribution in [-0.2, 0) is 21.1 Å². The van der Waals surface area contributed by atoms with Crippen LogP contribution in [0.15, 0.2) is 0 Å². The Morgan fingerprint density at radius 1 is 1.12 bits per heavy atom. The van der Waals surface area contributed by atoms with Gasteiger partial charge in [-0.15, -0.1) is 0 Å². The summed E-state index contributed by atoms with van der Waals surface area (Å²) in [6.07, 6.45) is 5.56. The average Bonchev–Trinajstić information content (AvgIpc) is 2.37. The van der Waals surface area contributed by atoms with E-state index < -0.39 is 6.49 Å². The molecule has 25 heavy (non-hydrogen) atoms. The van der Waals surface area contributed by atoms with E-state index in [0.29, 0.717) is 13.0 Å². The van der Waals surface area contributed by atoms with Crippen LogP contribution in [0.4, 0.5) is 0 Å². The molecular weight excluding hydrogens is 353 g/mol. The zero-order chi connectivity index (χ0) is 19.7. The van der Waals surface area contributed by atoms with Gasteiger partial charge in [0.25, 0.3) is 0 Å². The van der Waals surface area contributed by atoms with Crippen molar-refractivity contribution in [1.82, 2.24) is 5.32 Å². The first-order valence-corrected chi connectivity index (χ1v) is 12.2. The summed E-state index contributed by atoms with van der Waals surface area (Å²) >= 11 is 5.09. The molecule has 0 rings (SSSR count). The summed E-state index contributed by atoms with van der Waals surface area (Å²) in [7, 11) is 0. The highest BCUT2D eigenvalue weighted by molar-refractivity contribution is 8.09. The van der Waals surface area contributed by atoms with E-state index in [1.807, 2.05) is 13.8 Å². The lowest BCUT2D eigenvalue weighted by Crippen LogP contribution is -2.31. The van der Waals surface area contributed by atoms with E-state index in [1.54, 1.807) is 0 Å². The van der Waals surface area contributed by atoms with Crippen molar-refractivity contribution in [3.63, 3.8) is 0 Å². The Labute approximate surface area is 160 Å². The Bertz CT molecular complexity index is 444. The Hall–Kier alpha value is 0.0400. The van der Waals surface area contributed by atoms with Crippen molar-refractivity contribution in [3.05, 3.63) is 0 Å². The maximum atomic E-state index is 12.1. The second-order valence-electron chi connectivity index (χ2n) is 9.33. The molecule has 0 aliphatic carbocycles. The standard InChI is InChI=1S/C19H40NO3PS/c1-16(2)24(22,25)23-13-11-9-8-10-12-20-17(21)14-19(6,7)15-18(3,4)5/h16H,8-15H2,1-7H3,(H,20,21)(H,22,25). The maximum absolute atomic E-state index is 12.1. The van der Waals surface area contributed by atoms with Crippen molar-refractivity contribution in [3.8, 4) is 0 Å². The van der Waals surface area contributed by atoms with Crippen LogP contribution in [0.5, 0.6) is 0 Å². The van der Waals surface area contributed by atoms with Gasteiger partial charge in [-0.05, 0) is 41.9 Å². The third-order valence-electron chi connectivity index (χ3n) is 3.97. The lowest BCUT2D eigenvalue weighted by atomic mass is 9.74. The van der Waals surface area contributed by atoms with E-state index in [0.717, 1.165) is 38.6 Å². The van der Waals surface area contributed by atoms with Crippen LogP contribution >= 0.6 is 6.49 Å². The van der Waals surface area contributed by atoms with Crippen molar-refractivity contribution < 1.29 is 14.2 Å². The summed E-state index contributed by atoms with van der Waals surface area (Å²) in [5, 5.41) is 3.03. The van der Waals surface area contributed by atoms with Gasteiger partial charge >= 0.3 is 0 Å². The minimum Gasteiger partial charge on any atom is -0.356 e. The molecule has 0 spiro atoms. The lowest BCUT2D eigenvalue weighted by molar-refractivity contribution is -0.123. The lowest BCUT2D eigenvalue weighted by Gasteiger charge is -2.31. The molecule has 0 heterocycles. The molecule has 2 N–H and O–H groups in total. The fourth-order valence-corrected chi connectivity index (χ4v) is 4.06. The van der Waals surface area contributed by atoms with E-state index in [4.69, 9.17) is 16.3 Å². The van der Waals surface area contributed by atoms with Crippen LogP contribution in [0.25, 0.3) is 0 Å². The number of nitrogens with one attached hydrogen (secondary N) is 1. The predicted molar refractivity (Wildman–Crippen MR) is 112 cm³/mol. The zero-order valence-electron chi connectivity index (χ0n) is 17.4. The van der Waals surface area contributed by atoms with Crippen molar-refractivity contribution in [2.45, 2.75) is 92.7 Å². The molecule has 1 amide bonds. The predicted octanol–water partition coefficient (Wildman–Crippen LogP) is 5.24. The van der Waals surface area contributed by atoms with Gasteiger partial charge < -0.3 is 14.7 Å². The first-order chi connectivity index (χ1) is 11.3. The normalized spacial score (nSPS) is 15.2. The van der Waals surface area contributed by atoms with Crippen LogP contribution in [0.1, 0.15) is 87.0 Å². The summed E-state index contributed by atoms with van der Waals surface area (Å²) < 4.78 is 5.44. The van der Waals surface area contributed by atoms with Crippen molar-refractivity contribution in [2.75, 3.05) is 13.2 Å². The molecular formula is C19H40NO3PS. The van der Waals surface area contributed by atoms with Crippen LogP contribution in [-0.4, -0.2) is 29.6 Å². The monoisotopic (exact) mass is 393 g/mol. The van der Waals surface area contributed by atoms with Gasteiger partial charge in [0.2, 0.25) is 5.91 Å². The van der Waals surface area contributed by atoms with E-state index >= 15 is 0 Å². The average molecular weight is 394 g/mol. The number of carbonyl (C=O) groups excluding carboxylic acids is 1. The second-order valence-corrected chi connectivity index (χ2v) is 13.3. The Morgan fingerprint density at radius 2 is 1.68 bits per heavy atom. The van der Waals surface area contributed by atoms with E-state index in [1.165, 1.54) is 0 Å². The van der Waals surface area contributed by atoms with Crippen LogP contribution in [0.2, 0.25) is 0 Å². The third kappa shape index (κ3) is 13.8. The Kier molecular flexibility index (Phi) is 11.0. The molecule has 0 aliphatic heterocycles. The van der Waals surface area contributed by atoms with Gasteiger partial charge in [0.05, 0.1) is 6.61 Å². The zero-order valence-corrected chi connectivity index (χ0v) is 19.1. The van der Waals surface area contributed by atoms with Crippen LogP contribution in [0.3, 0.4) is 0 Å². The van der Waals surface area contributed by atoms with Gasteiger partial charge in [0.1, 0.15) is 0 Å². The molecule has 0 saturated carbocycles. The summed E-state index contributed by atoms with van der Waals surface area (Å²) in [4.78, 5) is 22.0. The first kappa shape index (κ1) is 25.0. The molecule has 6 heteroatoms. The Balaban J connectivity index is 3.75. The molecule has 0 bridgehead atoms. The Morgan fingerprint density at radius 3 is 2.20 bits per heavy atom. The molecule has 0 saturated heterocycles. The van der Waals surface area contributed by atoms with Crippen molar-refractivity contribution in [2.24, 2.45) is 10.8 Å². The molecule has 4 nitrogen and oxygen atoms in total. The number of amides is 1. The third-order valence-corrected chi connectivity index (χ3v) is 7.41. The number of unbranched alkanes of at least 4 members (excludes halogenated alkanes) is 3. The number of carbonyl (C=O) groups is 1. The van der Waals surface area contributed by atoms with Crippen molar-refractivity contribution in [1.29, 1.82) is 0 Å². The molecule has 0 aromatic heterocycles. The molecule has 1 unspecified atom stereocenters. The molecule has 1 atom stereocenters. The quantitative estimate of drug-likeness (QED) is 0.351. The highest BCUT2D eigenvalue weighted by Crippen LogP contribution is 2.47. The van der Waals surface area contributed by atoms with Gasteiger partial charge in [-0.2, -0.15) is 0 Å². The van der Waals surface area contributed by atoms with Gasteiger partial charge in [-0.25, -0.2) is 0 Å². The molecule has 0 aliphatic rings. The summed E-state index contributed by atoms with van der Waals surface area (Å²) in [6.45, 7) is 13.4. The largest absolute Gasteiger partial charge is 0.356 e. The van der Waals surface area contributed by atoms with Crippen molar-refractivity contribution >= 4 is 24.2 Å². The summed E-state index contributed by atoms with van der Waals surface area (Å²) in [5.74, 6) is 0.149. The number of rotatable bonds is 12. The smallest absolute Gasteiger partial charge is 0.220 e. The number of hydrogen-bond donors (Lipinski definition) is 2. The van der Waals surface area contributed by atoms with Crippen LogP contribution < -0.4 is 5.32 Å². The van der Waals surface area contributed by atoms with Gasteiger partial charge in [0.15, 0.2) is 6.49 Å². The van der Waals surface area contributed by atoms with Gasteiger partial charge in [0, 0.05) is 18.6 Å². The van der Waals surface area contributed by atoms with E-state index in [2.05, 4.69) is 39.9 Å². The van der Waals surface area contributed by atoms with Crippen LogP contribution in [0, 0.1) is 10.8 Å². The van der Waals surface area contributed by atoms with Gasteiger partial charge in [-0.3, -0.25) is 4.79 Å². The van der Waals surface area contributed by atoms with E-state index in [-0.39, 0.29) is 22.4 Å². The second kappa shape index (κ2) is 11.0. The molecule has 0 aromatic rings. The first-order valence-electron chi connectivity index (χ1n) is 9.49. The number of hydrogen-bond acceptors (Lipinski definition) is 3. The minimum absolute atomic E-state index is 0.0141. The SMILES string of the molecule is CC(C)P(O)(=S)OCCCCCCNC(=O)CC(C)(C)CC(C)(C)C. The van der Waals surface area contributed by atoms with E-state index in [9.17, 15) is 9.69 Å². The molecule has 150 valence electrons. The fraction of sp³-hybridized carbons (Fsp3) is 0.947. The fourth-order valence-electron chi connectivity index (χ4n) is 3.15. The molecule has 0 radical (unpaired) electrons. The topological polar surface area (TPSA) is 58.6 Å². The highest BCUT2D eigenvalue weighted by atomic mass is 32.5. The maximum Gasteiger partial charge on any atom is 0.220 e. The summed E-state index contributed by atoms with van der Waals surface area (Å²) in [6, 6.07) is 0. The molecule has 0 fully saturated rings.